The molecule has 1 radical (unpaired) electrons. The Kier molecular flexibility index (Phi) is 2.62. The zero-order valence-electron chi connectivity index (χ0n) is 9.51. The maximum absolute atomic E-state index is 13.2. The highest BCUT2D eigenvalue weighted by molar-refractivity contribution is 5.81. The number of imidazole rings is 1. The Morgan fingerprint density at radius 1 is 1.28 bits per heavy atom. The van der Waals surface area contributed by atoms with Crippen LogP contribution < -0.4 is 0 Å². The summed E-state index contributed by atoms with van der Waals surface area (Å²) in [6.07, 6.45) is -2.76. The summed E-state index contributed by atoms with van der Waals surface area (Å²) < 4.78 is 51.8. The minimum Gasteiger partial charge on any atom is -0.386 e. The molecule has 0 fully saturated rings. The first-order valence-corrected chi connectivity index (χ1v) is 5.01. The molecule has 0 atom stereocenters. The zero-order chi connectivity index (χ0) is 13.7. The Labute approximate surface area is 99.6 Å². The molecular formula is C11H9F4N2O. The van der Waals surface area contributed by atoms with Crippen LogP contribution in [0.15, 0.2) is 12.1 Å². The second-order valence-corrected chi connectivity index (χ2v) is 4.41. The van der Waals surface area contributed by atoms with E-state index >= 15 is 0 Å². The topological polar surface area (TPSA) is 38.1 Å². The quantitative estimate of drug-likeness (QED) is 0.801. The van der Waals surface area contributed by atoms with Gasteiger partial charge in [0.25, 0.3) is 0 Å². The Balaban J connectivity index is 2.89. The molecule has 0 spiro atoms. The number of rotatable bonds is 1. The number of nitrogens with zero attached hydrogens (tertiary/aromatic N) is 2. The van der Waals surface area contributed by atoms with Gasteiger partial charge in [-0.3, -0.25) is 0 Å². The Morgan fingerprint density at radius 2 is 1.89 bits per heavy atom. The lowest BCUT2D eigenvalue weighted by Gasteiger charge is -2.23. The van der Waals surface area contributed by atoms with Gasteiger partial charge in [-0.25, -0.2) is 4.98 Å². The number of fused-ring (bicyclic) bond motifs is 1. The monoisotopic (exact) mass is 261 g/mol. The molecule has 0 aliphatic carbocycles. The Hall–Kier alpha value is -1.63. The van der Waals surface area contributed by atoms with E-state index in [0.29, 0.717) is 0 Å². The third-order valence-corrected chi connectivity index (χ3v) is 2.53. The number of hydrogen-bond donors (Lipinski definition) is 1. The fourth-order valence-electron chi connectivity index (χ4n) is 1.86. The highest BCUT2D eigenvalue weighted by Crippen LogP contribution is 2.39. The van der Waals surface area contributed by atoms with Gasteiger partial charge in [0.05, 0.1) is 16.7 Å². The molecule has 0 bridgehead atoms. The maximum Gasteiger partial charge on any atom is 0.416 e. The second kappa shape index (κ2) is 3.68. The van der Waals surface area contributed by atoms with Crippen LogP contribution in [0.25, 0.3) is 11.0 Å². The molecule has 0 saturated heterocycles. The van der Waals surface area contributed by atoms with Crippen molar-refractivity contribution in [1.82, 2.24) is 9.77 Å². The van der Waals surface area contributed by atoms with Gasteiger partial charge in [-0.05, 0) is 26.0 Å². The van der Waals surface area contributed by atoms with Crippen LogP contribution in [0.5, 0.6) is 0 Å². The van der Waals surface area contributed by atoms with Gasteiger partial charge in [0.15, 0.2) is 0 Å². The van der Waals surface area contributed by atoms with E-state index in [1.165, 1.54) is 13.8 Å². The smallest absolute Gasteiger partial charge is 0.386 e. The number of hydrogen-bond acceptors (Lipinski definition) is 2. The van der Waals surface area contributed by atoms with Gasteiger partial charge in [-0.1, -0.05) is 4.48 Å². The van der Waals surface area contributed by atoms with Crippen molar-refractivity contribution in [3.63, 3.8) is 0 Å². The van der Waals surface area contributed by atoms with Crippen molar-refractivity contribution in [2.45, 2.75) is 25.6 Å². The molecule has 3 nitrogen and oxygen atoms in total. The van der Waals surface area contributed by atoms with Crippen molar-refractivity contribution in [2.24, 2.45) is 0 Å². The average molecular weight is 261 g/mol. The highest BCUT2D eigenvalue weighted by atomic mass is 19.4. The summed E-state index contributed by atoms with van der Waals surface area (Å²) in [4.78, 5) is 3.45. The van der Waals surface area contributed by atoms with Gasteiger partial charge < -0.3 is 5.11 Å². The summed E-state index contributed by atoms with van der Waals surface area (Å²) in [7, 11) is 0. The highest BCUT2D eigenvalue weighted by Gasteiger charge is 2.39. The first-order chi connectivity index (χ1) is 8.12. The molecule has 97 valence electrons. The average Bonchev–Trinajstić information content (AvgIpc) is 2.56. The molecule has 1 heterocycles. The second-order valence-electron chi connectivity index (χ2n) is 4.41. The number of benzene rings is 1. The summed E-state index contributed by atoms with van der Waals surface area (Å²) in [5.74, 6) is 0. The number of aliphatic hydroxyl groups is 1. The largest absolute Gasteiger partial charge is 0.416 e. The molecular weight excluding hydrogens is 252 g/mol. The van der Waals surface area contributed by atoms with Gasteiger partial charge in [0, 0.05) is 5.56 Å². The van der Waals surface area contributed by atoms with Crippen molar-refractivity contribution < 1.29 is 22.8 Å². The van der Waals surface area contributed by atoms with Crippen LogP contribution >= 0.6 is 0 Å². The van der Waals surface area contributed by atoms with Crippen LogP contribution in [0.2, 0.25) is 0 Å². The van der Waals surface area contributed by atoms with E-state index in [1.54, 1.807) is 0 Å². The Morgan fingerprint density at radius 3 is 2.39 bits per heavy atom. The minimum atomic E-state index is -4.65. The van der Waals surface area contributed by atoms with Crippen molar-refractivity contribution in [3.05, 3.63) is 29.6 Å². The molecule has 1 aromatic heterocycles. The van der Waals surface area contributed by atoms with Crippen LogP contribution in [0, 0.1) is 6.33 Å². The maximum atomic E-state index is 13.2. The molecule has 18 heavy (non-hydrogen) atoms. The van der Waals surface area contributed by atoms with E-state index < -0.39 is 22.9 Å². The standard InChI is InChI=1S/C11H9F4N2O/c1-10(2,18)8-6(11(12,13)14)3-4-7-9(8)16-5-17(7)15/h3-4,18H,1-2H3. The molecule has 2 aromatic rings. The minimum absolute atomic E-state index is 0.00920. The van der Waals surface area contributed by atoms with Gasteiger partial charge in [0.2, 0.25) is 6.33 Å². The summed E-state index contributed by atoms with van der Waals surface area (Å²) in [5.41, 5.74) is -3.71. The lowest BCUT2D eigenvalue weighted by atomic mass is 9.91. The first kappa shape index (κ1) is 12.8. The van der Waals surface area contributed by atoms with E-state index in [-0.39, 0.29) is 15.8 Å². The predicted molar refractivity (Wildman–Crippen MR) is 55.3 cm³/mol. The van der Waals surface area contributed by atoms with E-state index in [1.807, 2.05) is 6.33 Å². The number of aromatic nitrogens is 2. The van der Waals surface area contributed by atoms with E-state index in [4.69, 9.17) is 0 Å². The summed E-state index contributed by atoms with van der Waals surface area (Å²) >= 11 is 0. The van der Waals surface area contributed by atoms with Crippen LogP contribution in [0.3, 0.4) is 0 Å². The van der Waals surface area contributed by atoms with E-state index in [9.17, 15) is 22.8 Å². The third kappa shape index (κ3) is 1.94. The fourth-order valence-corrected chi connectivity index (χ4v) is 1.86. The molecule has 0 saturated carbocycles. The lowest BCUT2D eigenvalue weighted by molar-refractivity contribution is -0.140. The molecule has 0 aliphatic rings. The van der Waals surface area contributed by atoms with Crippen molar-refractivity contribution in [3.8, 4) is 0 Å². The normalized spacial score (nSPS) is 13.3. The number of halogens is 4. The molecule has 1 N–H and O–H groups in total. The number of alkyl halides is 3. The van der Waals surface area contributed by atoms with Gasteiger partial charge in [-0.2, -0.15) is 18.0 Å². The molecule has 7 heteroatoms. The van der Waals surface area contributed by atoms with E-state index in [0.717, 1.165) is 12.1 Å². The van der Waals surface area contributed by atoms with Crippen molar-refractivity contribution >= 4 is 11.0 Å². The van der Waals surface area contributed by atoms with Crippen LogP contribution in [-0.4, -0.2) is 14.9 Å². The van der Waals surface area contributed by atoms with Gasteiger partial charge in [-0.15, -0.1) is 0 Å². The molecule has 0 amide bonds. The van der Waals surface area contributed by atoms with Crippen molar-refractivity contribution in [2.75, 3.05) is 0 Å². The molecule has 2 rings (SSSR count). The molecule has 0 unspecified atom stereocenters. The van der Waals surface area contributed by atoms with Crippen LogP contribution in [0.4, 0.5) is 17.7 Å². The van der Waals surface area contributed by atoms with Gasteiger partial charge >= 0.3 is 6.18 Å². The Bertz CT molecular complexity index is 595. The SMILES string of the molecule is CC(C)(O)c1c(C(F)(F)F)ccc2c1n[c]n2F. The summed E-state index contributed by atoms with van der Waals surface area (Å²) in [6, 6.07) is 1.68. The summed E-state index contributed by atoms with van der Waals surface area (Å²) in [6.45, 7) is 2.38. The first-order valence-electron chi connectivity index (χ1n) is 5.01. The third-order valence-electron chi connectivity index (χ3n) is 2.53. The zero-order valence-corrected chi connectivity index (χ0v) is 9.51. The molecule has 0 aliphatic heterocycles. The fraction of sp³-hybridized carbons (Fsp3) is 0.364. The van der Waals surface area contributed by atoms with Crippen LogP contribution in [0.1, 0.15) is 25.0 Å². The summed E-state index contributed by atoms with van der Waals surface area (Å²) in [5, 5.41) is 9.85. The lowest BCUT2D eigenvalue weighted by Crippen LogP contribution is -2.22. The molecule has 1 aromatic carbocycles. The van der Waals surface area contributed by atoms with Gasteiger partial charge in [0.1, 0.15) is 5.52 Å². The van der Waals surface area contributed by atoms with Crippen LogP contribution in [-0.2, 0) is 11.8 Å². The van der Waals surface area contributed by atoms with E-state index in [2.05, 4.69) is 4.98 Å². The predicted octanol–water partition coefficient (Wildman–Crippen LogP) is 2.82. The van der Waals surface area contributed by atoms with Crippen molar-refractivity contribution in [1.29, 1.82) is 0 Å².